The van der Waals surface area contributed by atoms with Crippen LogP contribution in [0.1, 0.15) is 21.5 Å². The van der Waals surface area contributed by atoms with Crippen LogP contribution >= 0.6 is 0 Å². The molecule has 128 valence electrons. The van der Waals surface area contributed by atoms with Gasteiger partial charge in [-0.2, -0.15) is 5.26 Å². The molecule has 3 rings (SSSR count). The second-order valence-corrected chi connectivity index (χ2v) is 5.66. The molecule has 0 spiro atoms. The number of carbonyl (C=O) groups is 1. The second-order valence-electron chi connectivity index (χ2n) is 5.66. The SMILES string of the molecule is CN(C(=O)c1ccncc1)c1ccc(CNc2ccc(C#N)cn2)cc1. The average Bonchev–Trinajstić information content (AvgIpc) is 2.72. The summed E-state index contributed by atoms with van der Waals surface area (Å²) in [5.74, 6) is 0.623. The summed E-state index contributed by atoms with van der Waals surface area (Å²) in [6.45, 7) is 0.598. The van der Waals surface area contributed by atoms with E-state index in [4.69, 9.17) is 5.26 Å². The number of carbonyl (C=O) groups excluding carboxylic acids is 1. The largest absolute Gasteiger partial charge is 0.366 e. The molecule has 0 aliphatic carbocycles. The summed E-state index contributed by atoms with van der Waals surface area (Å²) in [6, 6.07) is 16.7. The van der Waals surface area contributed by atoms with Crippen LogP contribution in [0.25, 0.3) is 0 Å². The van der Waals surface area contributed by atoms with Crippen LogP contribution in [0.5, 0.6) is 0 Å². The summed E-state index contributed by atoms with van der Waals surface area (Å²) >= 11 is 0. The smallest absolute Gasteiger partial charge is 0.258 e. The Balaban J connectivity index is 1.62. The standard InChI is InChI=1S/C20H17N5O/c1-25(20(26)17-8-10-22-11-9-17)18-5-2-15(3-6-18)13-23-19-7-4-16(12-21)14-24-19/h2-11,14H,13H2,1H3,(H,23,24). The van der Waals surface area contributed by atoms with Gasteiger partial charge < -0.3 is 10.2 Å². The molecule has 3 aromatic rings. The Morgan fingerprint density at radius 2 is 1.85 bits per heavy atom. The van der Waals surface area contributed by atoms with Gasteiger partial charge in [0.05, 0.1) is 5.56 Å². The van der Waals surface area contributed by atoms with E-state index in [0.717, 1.165) is 11.3 Å². The first-order valence-electron chi connectivity index (χ1n) is 8.04. The van der Waals surface area contributed by atoms with Crippen LogP contribution in [-0.4, -0.2) is 22.9 Å². The number of aromatic nitrogens is 2. The fraction of sp³-hybridized carbons (Fsp3) is 0.100. The molecule has 1 N–H and O–H groups in total. The number of nitriles is 1. The lowest BCUT2D eigenvalue weighted by atomic mass is 10.1. The summed E-state index contributed by atoms with van der Waals surface area (Å²) in [6.07, 6.45) is 4.74. The van der Waals surface area contributed by atoms with Crippen LogP contribution in [0.15, 0.2) is 67.1 Å². The fourth-order valence-corrected chi connectivity index (χ4v) is 2.40. The van der Waals surface area contributed by atoms with Crippen LogP contribution in [0.4, 0.5) is 11.5 Å². The number of nitrogens with one attached hydrogen (secondary N) is 1. The maximum absolute atomic E-state index is 12.4. The van der Waals surface area contributed by atoms with E-state index in [1.807, 2.05) is 30.3 Å². The fourth-order valence-electron chi connectivity index (χ4n) is 2.40. The van der Waals surface area contributed by atoms with Gasteiger partial charge >= 0.3 is 0 Å². The number of anilines is 2. The van der Waals surface area contributed by atoms with Gasteiger partial charge in [0, 0.05) is 43.4 Å². The molecule has 2 aromatic heterocycles. The van der Waals surface area contributed by atoms with Gasteiger partial charge in [-0.1, -0.05) is 12.1 Å². The normalized spacial score (nSPS) is 10.0. The van der Waals surface area contributed by atoms with E-state index >= 15 is 0 Å². The minimum Gasteiger partial charge on any atom is -0.366 e. The van der Waals surface area contributed by atoms with Crippen LogP contribution in [-0.2, 0) is 6.54 Å². The second kappa shape index (κ2) is 7.90. The Bertz CT molecular complexity index is 915. The highest BCUT2D eigenvalue weighted by Gasteiger charge is 2.12. The third-order valence-electron chi connectivity index (χ3n) is 3.92. The summed E-state index contributed by atoms with van der Waals surface area (Å²) in [7, 11) is 1.75. The highest BCUT2D eigenvalue weighted by molar-refractivity contribution is 6.05. The lowest BCUT2D eigenvalue weighted by Crippen LogP contribution is -2.26. The number of amides is 1. The number of hydrogen-bond acceptors (Lipinski definition) is 5. The molecule has 0 unspecified atom stereocenters. The lowest BCUT2D eigenvalue weighted by Gasteiger charge is -2.18. The molecule has 0 saturated heterocycles. The zero-order valence-corrected chi connectivity index (χ0v) is 14.3. The molecule has 0 atom stereocenters. The summed E-state index contributed by atoms with van der Waals surface area (Å²) < 4.78 is 0. The van der Waals surface area contributed by atoms with Gasteiger partial charge in [-0.3, -0.25) is 9.78 Å². The van der Waals surface area contributed by atoms with E-state index in [0.29, 0.717) is 23.5 Å². The Morgan fingerprint density at radius 1 is 1.12 bits per heavy atom. The summed E-state index contributed by atoms with van der Waals surface area (Å²) in [5.41, 5.74) is 3.00. The number of benzene rings is 1. The topological polar surface area (TPSA) is 81.9 Å². The highest BCUT2D eigenvalue weighted by Crippen LogP contribution is 2.17. The molecule has 0 saturated carbocycles. The first-order chi connectivity index (χ1) is 12.7. The van der Waals surface area contributed by atoms with Gasteiger partial charge in [0.25, 0.3) is 5.91 Å². The molecule has 0 aliphatic rings. The van der Waals surface area contributed by atoms with Crippen molar-refractivity contribution in [3.05, 3.63) is 83.8 Å². The highest BCUT2D eigenvalue weighted by atomic mass is 16.2. The third-order valence-corrected chi connectivity index (χ3v) is 3.92. The zero-order valence-electron chi connectivity index (χ0n) is 14.3. The molecule has 2 heterocycles. The Kier molecular flexibility index (Phi) is 5.20. The molecular formula is C20H17N5O. The van der Waals surface area contributed by atoms with Gasteiger partial charge in [-0.05, 0) is 42.0 Å². The minimum atomic E-state index is -0.0833. The summed E-state index contributed by atoms with van der Waals surface area (Å²) in [5, 5.41) is 12.0. The van der Waals surface area contributed by atoms with E-state index in [1.165, 1.54) is 6.20 Å². The van der Waals surface area contributed by atoms with Crippen molar-refractivity contribution in [1.82, 2.24) is 9.97 Å². The molecule has 0 fully saturated rings. The van der Waals surface area contributed by atoms with Crippen LogP contribution < -0.4 is 10.2 Å². The average molecular weight is 343 g/mol. The predicted octanol–water partition coefficient (Wildman–Crippen LogP) is 3.24. The molecule has 0 aliphatic heterocycles. The van der Waals surface area contributed by atoms with E-state index in [2.05, 4.69) is 15.3 Å². The van der Waals surface area contributed by atoms with Crippen LogP contribution in [0, 0.1) is 11.3 Å². The van der Waals surface area contributed by atoms with Gasteiger partial charge in [0.2, 0.25) is 0 Å². The van der Waals surface area contributed by atoms with Gasteiger partial charge in [0.1, 0.15) is 11.9 Å². The number of pyridine rings is 2. The van der Waals surface area contributed by atoms with E-state index in [1.54, 1.807) is 48.6 Å². The van der Waals surface area contributed by atoms with Crippen molar-refractivity contribution in [2.24, 2.45) is 0 Å². The van der Waals surface area contributed by atoms with Crippen LogP contribution in [0.3, 0.4) is 0 Å². The maximum Gasteiger partial charge on any atom is 0.258 e. The lowest BCUT2D eigenvalue weighted by molar-refractivity contribution is 0.0993. The Morgan fingerprint density at radius 3 is 2.46 bits per heavy atom. The predicted molar refractivity (Wildman–Crippen MR) is 99.7 cm³/mol. The first-order valence-corrected chi connectivity index (χ1v) is 8.04. The Labute approximate surface area is 151 Å². The van der Waals surface area contributed by atoms with Crippen LogP contribution in [0.2, 0.25) is 0 Å². The molecule has 6 nitrogen and oxygen atoms in total. The number of rotatable bonds is 5. The van der Waals surface area contributed by atoms with Gasteiger partial charge in [-0.25, -0.2) is 4.98 Å². The van der Waals surface area contributed by atoms with Crippen molar-refractivity contribution in [3.63, 3.8) is 0 Å². The van der Waals surface area contributed by atoms with Crippen molar-refractivity contribution in [2.45, 2.75) is 6.54 Å². The van der Waals surface area contributed by atoms with Gasteiger partial charge in [0.15, 0.2) is 0 Å². The third kappa shape index (κ3) is 4.02. The molecule has 1 amide bonds. The van der Waals surface area contributed by atoms with Crippen molar-refractivity contribution in [1.29, 1.82) is 5.26 Å². The minimum absolute atomic E-state index is 0.0833. The van der Waals surface area contributed by atoms with Crippen molar-refractivity contribution >= 4 is 17.4 Å². The van der Waals surface area contributed by atoms with E-state index in [-0.39, 0.29) is 5.91 Å². The Hall–Kier alpha value is -3.72. The maximum atomic E-state index is 12.4. The number of hydrogen-bond donors (Lipinski definition) is 1. The van der Waals surface area contributed by atoms with Crippen molar-refractivity contribution < 1.29 is 4.79 Å². The quantitative estimate of drug-likeness (QED) is 0.769. The molecule has 6 heteroatoms. The van der Waals surface area contributed by atoms with Crippen molar-refractivity contribution in [3.8, 4) is 6.07 Å². The molecule has 0 radical (unpaired) electrons. The van der Waals surface area contributed by atoms with E-state index < -0.39 is 0 Å². The van der Waals surface area contributed by atoms with Gasteiger partial charge in [-0.15, -0.1) is 0 Å². The first kappa shape index (κ1) is 17.1. The summed E-state index contributed by atoms with van der Waals surface area (Å²) in [4.78, 5) is 22.2. The molecule has 0 bridgehead atoms. The number of nitrogens with zero attached hydrogens (tertiary/aromatic N) is 4. The molecular weight excluding hydrogens is 326 g/mol. The zero-order chi connectivity index (χ0) is 18.4. The monoisotopic (exact) mass is 343 g/mol. The molecule has 26 heavy (non-hydrogen) atoms. The van der Waals surface area contributed by atoms with E-state index in [9.17, 15) is 4.79 Å². The molecule has 1 aromatic carbocycles. The van der Waals surface area contributed by atoms with Crippen molar-refractivity contribution in [2.75, 3.05) is 17.3 Å².